The van der Waals surface area contributed by atoms with Crippen molar-refractivity contribution in [3.05, 3.63) is 79.1 Å². The molecule has 0 saturated heterocycles. The Morgan fingerprint density at radius 2 is 1.96 bits per heavy atom. The van der Waals surface area contributed by atoms with Gasteiger partial charge in [-0.05, 0) is 47.6 Å². The Labute approximate surface area is 157 Å². The van der Waals surface area contributed by atoms with Crippen molar-refractivity contribution in [2.45, 2.75) is 32.0 Å². The van der Waals surface area contributed by atoms with Crippen LogP contribution in [-0.2, 0) is 0 Å². The van der Waals surface area contributed by atoms with Crippen LogP contribution in [0.5, 0.6) is 0 Å². The number of allylic oxidation sites excluding steroid dienone is 5. The summed E-state index contributed by atoms with van der Waals surface area (Å²) in [6.45, 7) is 7.40. The van der Waals surface area contributed by atoms with Crippen LogP contribution in [0.3, 0.4) is 0 Å². The van der Waals surface area contributed by atoms with Gasteiger partial charge >= 0.3 is 0 Å². The molecule has 2 aromatic rings. The van der Waals surface area contributed by atoms with E-state index < -0.39 is 8.07 Å². The quantitative estimate of drug-likeness (QED) is 0.466. The molecule has 4 rings (SSSR count). The molecule has 1 unspecified atom stereocenters. The maximum Gasteiger partial charge on any atom is 0.0876 e. The summed E-state index contributed by atoms with van der Waals surface area (Å²) in [4.78, 5) is 1.40. The molecule has 0 spiro atoms. The van der Waals surface area contributed by atoms with Crippen LogP contribution < -0.4 is 0 Å². The lowest BCUT2D eigenvalue weighted by Crippen LogP contribution is -2.37. The normalized spacial score (nSPS) is 19.8. The maximum absolute atomic E-state index is 3.74. The van der Waals surface area contributed by atoms with E-state index in [1.165, 1.54) is 31.6 Å². The van der Waals surface area contributed by atoms with Gasteiger partial charge in [-0.15, -0.1) is 11.3 Å². The van der Waals surface area contributed by atoms with Crippen molar-refractivity contribution >= 4 is 47.0 Å². The van der Waals surface area contributed by atoms with Crippen LogP contribution in [0.25, 0.3) is 11.6 Å². The lowest BCUT2D eigenvalue weighted by Gasteiger charge is -2.33. The topological polar surface area (TPSA) is 0 Å². The summed E-state index contributed by atoms with van der Waals surface area (Å²) < 4.78 is 1.23. The SMILES string of the molecule is CC1=Cc2c(Br)cccc2C1[Si](C)(C)C1=CC(c2cccs2)=CC1. The molecule has 1 aromatic heterocycles. The number of thiophene rings is 1. The Balaban J connectivity index is 1.72. The van der Waals surface area contributed by atoms with Crippen LogP contribution in [0.15, 0.2) is 63.1 Å². The minimum atomic E-state index is -1.60. The van der Waals surface area contributed by atoms with Gasteiger partial charge in [0.1, 0.15) is 0 Å². The third-order valence-corrected chi connectivity index (χ3v) is 11.3. The first-order valence-corrected chi connectivity index (χ1v) is 13.1. The second-order valence-corrected chi connectivity index (χ2v) is 13.8. The molecule has 0 bridgehead atoms. The standard InChI is InChI=1S/C21H21BrSSi/c1-14-12-18-17(6-4-7-19(18)22)21(14)24(2,3)16-10-9-15(13-16)20-8-5-11-23-20/h4-9,11-13,21H,10H2,1-3H3. The molecular formula is C21H21BrSSi. The van der Waals surface area contributed by atoms with Gasteiger partial charge in [0.05, 0.1) is 8.07 Å². The summed E-state index contributed by atoms with van der Waals surface area (Å²) in [6.07, 6.45) is 8.43. The fourth-order valence-corrected chi connectivity index (χ4v) is 9.26. The molecule has 2 aliphatic carbocycles. The van der Waals surface area contributed by atoms with Gasteiger partial charge in [0.15, 0.2) is 0 Å². The minimum absolute atomic E-state index is 0.590. The minimum Gasteiger partial charge on any atom is -0.144 e. The number of halogens is 1. The monoisotopic (exact) mass is 412 g/mol. The third kappa shape index (κ3) is 2.54. The van der Waals surface area contributed by atoms with Crippen LogP contribution in [0.4, 0.5) is 0 Å². The average molecular weight is 413 g/mol. The number of hydrogen-bond donors (Lipinski definition) is 0. The van der Waals surface area contributed by atoms with Crippen molar-refractivity contribution in [3.63, 3.8) is 0 Å². The van der Waals surface area contributed by atoms with Gasteiger partial charge in [-0.2, -0.15) is 0 Å². The van der Waals surface area contributed by atoms with Gasteiger partial charge in [0, 0.05) is 14.9 Å². The van der Waals surface area contributed by atoms with Crippen LogP contribution in [0, 0.1) is 0 Å². The van der Waals surface area contributed by atoms with Crippen molar-refractivity contribution in [2.24, 2.45) is 0 Å². The molecule has 1 heterocycles. The fourth-order valence-electron chi connectivity index (χ4n) is 4.25. The molecule has 0 N–H and O–H groups in total. The molecular weight excluding hydrogens is 392 g/mol. The Hall–Kier alpha value is -1.16. The predicted octanol–water partition coefficient (Wildman–Crippen LogP) is 7.21. The van der Waals surface area contributed by atoms with Crippen LogP contribution in [0.1, 0.15) is 34.9 Å². The van der Waals surface area contributed by atoms with E-state index in [2.05, 4.69) is 89.9 Å². The molecule has 24 heavy (non-hydrogen) atoms. The van der Waals surface area contributed by atoms with E-state index in [1.54, 1.807) is 5.20 Å². The molecule has 2 aliphatic rings. The summed E-state index contributed by atoms with van der Waals surface area (Å²) in [6, 6.07) is 11.1. The molecule has 0 radical (unpaired) electrons. The van der Waals surface area contributed by atoms with E-state index in [4.69, 9.17) is 0 Å². The summed E-state index contributed by atoms with van der Waals surface area (Å²) in [7, 11) is -1.60. The lowest BCUT2D eigenvalue weighted by atomic mass is 10.1. The van der Waals surface area contributed by atoms with Crippen LogP contribution in [-0.4, -0.2) is 8.07 Å². The van der Waals surface area contributed by atoms with E-state index >= 15 is 0 Å². The Morgan fingerprint density at radius 1 is 1.12 bits per heavy atom. The van der Waals surface area contributed by atoms with Gasteiger partial charge in [-0.1, -0.05) is 76.2 Å². The number of hydrogen-bond acceptors (Lipinski definition) is 1. The fraction of sp³-hybridized carbons (Fsp3) is 0.238. The van der Waals surface area contributed by atoms with Crippen LogP contribution in [0.2, 0.25) is 13.1 Å². The largest absolute Gasteiger partial charge is 0.144 e. The number of rotatable bonds is 3. The zero-order valence-corrected chi connectivity index (χ0v) is 17.7. The molecule has 0 nitrogen and oxygen atoms in total. The summed E-state index contributed by atoms with van der Waals surface area (Å²) in [5.74, 6) is 0. The van der Waals surface area contributed by atoms with E-state index in [1.807, 2.05) is 11.3 Å². The zero-order valence-electron chi connectivity index (χ0n) is 14.3. The smallest absolute Gasteiger partial charge is 0.0876 e. The molecule has 122 valence electrons. The molecule has 1 aromatic carbocycles. The van der Waals surface area contributed by atoms with Gasteiger partial charge in [0.25, 0.3) is 0 Å². The van der Waals surface area contributed by atoms with Gasteiger partial charge in [-0.25, -0.2) is 0 Å². The second-order valence-electron chi connectivity index (χ2n) is 7.30. The molecule has 3 heteroatoms. The lowest BCUT2D eigenvalue weighted by molar-refractivity contribution is 1.06. The number of fused-ring (bicyclic) bond motifs is 1. The van der Waals surface area contributed by atoms with Crippen molar-refractivity contribution in [1.82, 2.24) is 0 Å². The Bertz CT molecular complexity index is 885. The highest BCUT2D eigenvalue weighted by Gasteiger charge is 2.41. The van der Waals surface area contributed by atoms with E-state index in [-0.39, 0.29) is 0 Å². The Morgan fingerprint density at radius 3 is 2.71 bits per heavy atom. The first-order chi connectivity index (χ1) is 11.5. The van der Waals surface area contributed by atoms with Gasteiger partial charge < -0.3 is 0 Å². The van der Waals surface area contributed by atoms with E-state index in [0.29, 0.717) is 5.54 Å². The van der Waals surface area contributed by atoms with Crippen molar-refractivity contribution in [2.75, 3.05) is 0 Å². The summed E-state index contributed by atoms with van der Waals surface area (Å²) >= 11 is 5.58. The molecule has 0 amide bonds. The second kappa shape index (κ2) is 5.97. The summed E-state index contributed by atoms with van der Waals surface area (Å²) in [5.41, 5.74) is 6.45. The maximum atomic E-state index is 3.74. The molecule has 0 saturated carbocycles. The predicted molar refractivity (Wildman–Crippen MR) is 113 cm³/mol. The van der Waals surface area contributed by atoms with Gasteiger partial charge in [0.2, 0.25) is 0 Å². The van der Waals surface area contributed by atoms with Crippen molar-refractivity contribution in [1.29, 1.82) is 0 Å². The van der Waals surface area contributed by atoms with Gasteiger partial charge in [-0.3, -0.25) is 0 Å². The first kappa shape index (κ1) is 16.3. The highest BCUT2D eigenvalue weighted by atomic mass is 79.9. The van der Waals surface area contributed by atoms with Crippen LogP contribution >= 0.6 is 27.3 Å². The highest BCUT2D eigenvalue weighted by molar-refractivity contribution is 9.10. The third-order valence-electron chi connectivity index (χ3n) is 5.45. The first-order valence-electron chi connectivity index (χ1n) is 8.40. The number of benzene rings is 1. The molecule has 1 atom stereocenters. The van der Waals surface area contributed by atoms with E-state index in [0.717, 1.165) is 6.42 Å². The van der Waals surface area contributed by atoms with E-state index in [9.17, 15) is 0 Å². The highest BCUT2D eigenvalue weighted by Crippen LogP contribution is 2.48. The molecule has 0 fully saturated rings. The van der Waals surface area contributed by atoms with Crippen molar-refractivity contribution < 1.29 is 0 Å². The average Bonchev–Trinajstić information content (AvgIpc) is 3.26. The summed E-state index contributed by atoms with van der Waals surface area (Å²) in [5, 5.41) is 3.85. The zero-order chi connectivity index (χ0) is 16.9. The van der Waals surface area contributed by atoms with Crippen molar-refractivity contribution in [3.8, 4) is 0 Å². The molecule has 0 aliphatic heterocycles. The Kier molecular flexibility index (Phi) is 4.06.